The van der Waals surface area contributed by atoms with Crippen molar-refractivity contribution in [3.05, 3.63) is 46.6 Å². The molecule has 6 nitrogen and oxygen atoms in total. The van der Waals surface area contributed by atoms with Gasteiger partial charge in [0.15, 0.2) is 6.61 Å². The third-order valence-corrected chi connectivity index (χ3v) is 7.79. The largest absolute Gasteiger partial charge is 0.484 e. The number of carbonyl (C=O) groups is 1. The molecule has 1 aliphatic heterocycles. The van der Waals surface area contributed by atoms with Gasteiger partial charge in [0.2, 0.25) is 0 Å². The monoisotopic (exact) mass is 464 g/mol. The molecule has 0 radical (unpaired) electrons. The Labute approximate surface area is 199 Å². The summed E-state index contributed by atoms with van der Waals surface area (Å²) in [6.07, 6.45) is 8.07. The molecule has 0 bridgehead atoms. The van der Waals surface area contributed by atoms with Gasteiger partial charge < -0.3 is 14.5 Å². The van der Waals surface area contributed by atoms with Crippen LogP contribution in [0.2, 0.25) is 0 Å². The van der Waals surface area contributed by atoms with E-state index in [-0.39, 0.29) is 12.5 Å². The second-order valence-corrected chi connectivity index (χ2v) is 10.0. The van der Waals surface area contributed by atoms with Crippen LogP contribution in [0.4, 0.5) is 5.82 Å². The highest BCUT2D eigenvalue weighted by Crippen LogP contribution is 2.39. The first-order chi connectivity index (χ1) is 16.2. The first-order valence-electron chi connectivity index (χ1n) is 12.2. The van der Waals surface area contributed by atoms with E-state index in [1.54, 1.807) is 0 Å². The predicted octanol–water partition coefficient (Wildman–Crippen LogP) is 4.64. The van der Waals surface area contributed by atoms with Crippen LogP contribution in [0.5, 0.6) is 5.75 Å². The van der Waals surface area contributed by atoms with Gasteiger partial charge in [-0.3, -0.25) is 4.79 Å². The number of piperazine rings is 1. The Morgan fingerprint density at radius 2 is 1.82 bits per heavy atom. The van der Waals surface area contributed by atoms with Crippen molar-refractivity contribution in [1.29, 1.82) is 0 Å². The van der Waals surface area contributed by atoms with Gasteiger partial charge in [-0.05, 0) is 49.8 Å². The number of nitrogens with zero attached hydrogens (tertiary/aromatic N) is 4. The van der Waals surface area contributed by atoms with E-state index >= 15 is 0 Å². The molecule has 0 unspecified atom stereocenters. The lowest BCUT2D eigenvalue weighted by Crippen LogP contribution is -2.50. The van der Waals surface area contributed by atoms with Gasteiger partial charge in [-0.1, -0.05) is 31.5 Å². The third-order valence-electron chi connectivity index (χ3n) is 6.60. The molecule has 2 aliphatic rings. The van der Waals surface area contributed by atoms with E-state index in [1.807, 2.05) is 46.6 Å². The van der Waals surface area contributed by atoms with Crippen molar-refractivity contribution in [2.24, 2.45) is 0 Å². The lowest BCUT2D eigenvalue weighted by Gasteiger charge is -2.36. The number of anilines is 1. The van der Waals surface area contributed by atoms with Crippen LogP contribution in [-0.2, 0) is 24.1 Å². The normalized spacial score (nSPS) is 16.5. The van der Waals surface area contributed by atoms with Crippen molar-refractivity contribution >= 4 is 33.3 Å². The Kier molecular flexibility index (Phi) is 6.76. The molecule has 0 atom stereocenters. The molecule has 3 heterocycles. The molecule has 1 saturated heterocycles. The zero-order valence-electron chi connectivity index (χ0n) is 19.4. The van der Waals surface area contributed by atoms with Gasteiger partial charge in [-0.25, -0.2) is 9.97 Å². The molecule has 2 aromatic heterocycles. The van der Waals surface area contributed by atoms with Crippen LogP contribution in [0.15, 0.2) is 30.3 Å². The fourth-order valence-corrected chi connectivity index (χ4v) is 6.12. The number of amides is 1. The smallest absolute Gasteiger partial charge is 0.260 e. The van der Waals surface area contributed by atoms with E-state index in [4.69, 9.17) is 14.7 Å². The number of fused-ring (bicyclic) bond motifs is 3. The molecule has 0 N–H and O–H groups in total. The van der Waals surface area contributed by atoms with E-state index in [9.17, 15) is 4.79 Å². The third kappa shape index (κ3) is 4.83. The van der Waals surface area contributed by atoms with Crippen molar-refractivity contribution in [2.45, 2.75) is 51.9 Å². The van der Waals surface area contributed by atoms with E-state index in [0.29, 0.717) is 13.1 Å². The molecule has 0 saturated carbocycles. The first-order valence-corrected chi connectivity index (χ1v) is 13.1. The van der Waals surface area contributed by atoms with E-state index in [2.05, 4.69) is 11.8 Å². The van der Waals surface area contributed by atoms with Gasteiger partial charge in [-0.2, -0.15) is 0 Å². The van der Waals surface area contributed by atoms with Crippen molar-refractivity contribution in [1.82, 2.24) is 14.9 Å². The maximum Gasteiger partial charge on any atom is 0.260 e. The minimum Gasteiger partial charge on any atom is -0.484 e. The maximum atomic E-state index is 12.7. The molecule has 1 fully saturated rings. The predicted molar refractivity (Wildman–Crippen MR) is 133 cm³/mol. The minimum atomic E-state index is 0.0439. The highest BCUT2D eigenvalue weighted by molar-refractivity contribution is 7.19. The number of hydrogen-bond donors (Lipinski definition) is 0. The summed E-state index contributed by atoms with van der Waals surface area (Å²) in [5.41, 5.74) is 1.49. The highest BCUT2D eigenvalue weighted by Gasteiger charge is 2.27. The zero-order valence-corrected chi connectivity index (χ0v) is 20.2. The number of hydrogen-bond acceptors (Lipinski definition) is 6. The van der Waals surface area contributed by atoms with Gasteiger partial charge in [0.05, 0.1) is 5.39 Å². The van der Waals surface area contributed by atoms with Crippen LogP contribution >= 0.6 is 11.3 Å². The summed E-state index contributed by atoms with van der Waals surface area (Å²) < 4.78 is 5.67. The van der Waals surface area contributed by atoms with E-state index < -0.39 is 0 Å². The van der Waals surface area contributed by atoms with Crippen LogP contribution < -0.4 is 9.64 Å². The Hall–Kier alpha value is -2.67. The number of para-hydroxylation sites is 1. The Bertz CT molecular complexity index is 1110. The van der Waals surface area contributed by atoms with Crippen molar-refractivity contribution in [3.8, 4) is 5.75 Å². The van der Waals surface area contributed by atoms with Gasteiger partial charge in [-0.15, -0.1) is 11.3 Å². The maximum absolute atomic E-state index is 12.7. The van der Waals surface area contributed by atoms with Crippen LogP contribution in [0.25, 0.3) is 10.2 Å². The molecule has 3 aromatic rings. The number of aryl methyl sites for hydroxylation is 3. The molecule has 0 spiro atoms. The molecule has 174 valence electrons. The number of thiophene rings is 1. The quantitative estimate of drug-likeness (QED) is 0.498. The second-order valence-electron chi connectivity index (χ2n) is 8.93. The number of aromatic nitrogens is 2. The van der Waals surface area contributed by atoms with Gasteiger partial charge in [0.25, 0.3) is 5.91 Å². The minimum absolute atomic E-state index is 0.0439. The second kappa shape index (κ2) is 10.1. The topological polar surface area (TPSA) is 58.6 Å². The lowest BCUT2D eigenvalue weighted by atomic mass is 10.1. The first kappa shape index (κ1) is 22.1. The number of rotatable bonds is 6. The Balaban J connectivity index is 1.33. The molecule has 1 aromatic carbocycles. The van der Waals surface area contributed by atoms with Crippen LogP contribution in [-0.4, -0.2) is 53.6 Å². The van der Waals surface area contributed by atoms with Crippen LogP contribution in [0, 0.1) is 0 Å². The highest BCUT2D eigenvalue weighted by atomic mass is 32.1. The molecule has 5 rings (SSSR count). The number of ether oxygens (including phenoxy) is 1. The summed E-state index contributed by atoms with van der Waals surface area (Å²) in [5, 5.41) is 1.28. The SMILES string of the molecule is CCCc1nc(N2CCN(C(=O)COc3ccccc3)CC2)c2c3c(sc2n1)CCCCC3. The summed E-state index contributed by atoms with van der Waals surface area (Å²) in [5.74, 6) is 2.82. The number of carbonyl (C=O) groups excluding carboxylic acids is 1. The summed E-state index contributed by atoms with van der Waals surface area (Å²) >= 11 is 1.88. The fraction of sp³-hybridized carbons (Fsp3) is 0.500. The Morgan fingerprint density at radius 3 is 2.61 bits per heavy atom. The molecule has 1 amide bonds. The average molecular weight is 465 g/mol. The zero-order chi connectivity index (χ0) is 22.6. The van der Waals surface area contributed by atoms with E-state index in [1.165, 1.54) is 41.5 Å². The average Bonchev–Trinajstić information content (AvgIpc) is 3.03. The number of benzene rings is 1. The van der Waals surface area contributed by atoms with Crippen LogP contribution in [0.3, 0.4) is 0 Å². The van der Waals surface area contributed by atoms with Gasteiger partial charge in [0, 0.05) is 37.5 Å². The summed E-state index contributed by atoms with van der Waals surface area (Å²) in [6, 6.07) is 9.53. The summed E-state index contributed by atoms with van der Waals surface area (Å²) in [6.45, 7) is 5.23. The van der Waals surface area contributed by atoms with Crippen molar-refractivity contribution < 1.29 is 9.53 Å². The molecular formula is C26H32N4O2S. The van der Waals surface area contributed by atoms with Gasteiger partial charge >= 0.3 is 0 Å². The summed E-state index contributed by atoms with van der Waals surface area (Å²) in [7, 11) is 0. The molecule has 1 aliphatic carbocycles. The van der Waals surface area contributed by atoms with Crippen molar-refractivity contribution in [3.63, 3.8) is 0 Å². The molecular weight excluding hydrogens is 432 g/mol. The lowest BCUT2D eigenvalue weighted by molar-refractivity contribution is -0.133. The van der Waals surface area contributed by atoms with E-state index in [0.717, 1.165) is 54.6 Å². The van der Waals surface area contributed by atoms with Crippen LogP contribution in [0.1, 0.15) is 48.9 Å². The molecule has 7 heteroatoms. The Morgan fingerprint density at radius 1 is 1.03 bits per heavy atom. The van der Waals surface area contributed by atoms with Crippen molar-refractivity contribution in [2.75, 3.05) is 37.7 Å². The fourth-order valence-electron chi connectivity index (χ4n) is 4.84. The summed E-state index contributed by atoms with van der Waals surface area (Å²) in [4.78, 5) is 29.7. The van der Waals surface area contributed by atoms with Gasteiger partial charge in [0.1, 0.15) is 22.2 Å². The standard InChI is InChI=1S/C26H32N4O2S/c1-2-9-22-27-25(24-20-12-7-4-8-13-21(20)33-26(24)28-22)30-16-14-29(15-17-30)23(31)18-32-19-10-5-3-6-11-19/h3,5-6,10-11H,2,4,7-9,12-18H2,1H3. The molecule has 33 heavy (non-hydrogen) atoms.